The zero-order valence-electron chi connectivity index (χ0n) is 9.50. The second kappa shape index (κ2) is 4.53. The normalized spacial score (nSPS) is 14.1. The first-order chi connectivity index (χ1) is 7.77. The molecule has 0 saturated carbocycles. The third-order valence-corrected chi connectivity index (χ3v) is 2.85. The van der Waals surface area contributed by atoms with Crippen LogP contribution in [0.5, 0.6) is 5.75 Å². The molecule has 1 N–H and O–H groups in total. The number of nitrogens with one attached hydrogen (secondary N) is 1. The van der Waals surface area contributed by atoms with Crippen LogP contribution in [0.15, 0.2) is 12.1 Å². The zero-order chi connectivity index (χ0) is 11.5. The van der Waals surface area contributed by atoms with Crippen molar-refractivity contribution < 1.29 is 14.3 Å². The fraction of sp³-hybridized carbons (Fsp3) is 0.417. The Bertz CT molecular complexity index is 415. The smallest absolute Gasteiger partial charge is 0.341 e. The van der Waals surface area contributed by atoms with Gasteiger partial charge in [0.15, 0.2) is 0 Å². The molecule has 1 aromatic rings. The van der Waals surface area contributed by atoms with Crippen LogP contribution in [0, 0.1) is 0 Å². The Hall–Kier alpha value is -1.55. The largest absolute Gasteiger partial charge is 0.496 e. The molecule has 0 saturated heterocycles. The number of hydrogen-bond donors (Lipinski definition) is 1. The molecular weight excluding hydrogens is 206 g/mol. The van der Waals surface area contributed by atoms with E-state index in [-0.39, 0.29) is 5.97 Å². The van der Waals surface area contributed by atoms with Gasteiger partial charge in [0.05, 0.1) is 14.2 Å². The van der Waals surface area contributed by atoms with Crippen molar-refractivity contribution in [3.63, 3.8) is 0 Å². The maximum atomic E-state index is 11.7. The van der Waals surface area contributed by atoms with Gasteiger partial charge in [-0.15, -0.1) is 0 Å². The number of esters is 1. The van der Waals surface area contributed by atoms with Gasteiger partial charge in [-0.1, -0.05) is 6.07 Å². The number of fused-ring (bicyclic) bond motifs is 1. The predicted molar refractivity (Wildman–Crippen MR) is 59.7 cm³/mol. The Morgan fingerprint density at radius 3 is 2.88 bits per heavy atom. The van der Waals surface area contributed by atoms with E-state index < -0.39 is 0 Å². The van der Waals surface area contributed by atoms with Crippen LogP contribution in [0.1, 0.15) is 21.5 Å². The molecule has 0 fully saturated rings. The quantitative estimate of drug-likeness (QED) is 0.760. The van der Waals surface area contributed by atoms with E-state index in [2.05, 4.69) is 5.32 Å². The van der Waals surface area contributed by atoms with E-state index in [1.54, 1.807) is 7.11 Å². The van der Waals surface area contributed by atoms with Gasteiger partial charge in [0.1, 0.15) is 11.3 Å². The van der Waals surface area contributed by atoms with Gasteiger partial charge in [0, 0.05) is 6.54 Å². The Kier molecular flexibility index (Phi) is 3.10. The van der Waals surface area contributed by atoms with E-state index in [0.717, 1.165) is 30.6 Å². The zero-order valence-corrected chi connectivity index (χ0v) is 9.50. The summed E-state index contributed by atoms with van der Waals surface area (Å²) in [6.45, 7) is 1.67. The third kappa shape index (κ3) is 1.76. The molecule has 0 aliphatic carbocycles. The van der Waals surface area contributed by atoms with Crippen LogP contribution in [0.2, 0.25) is 0 Å². The molecule has 1 aliphatic rings. The fourth-order valence-electron chi connectivity index (χ4n) is 2.05. The molecule has 0 spiro atoms. The van der Waals surface area contributed by atoms with Crippen molar-refractivity contribution in [3.05, 3.63) is 28.8 Å². The van der Waals surface area contributed by atoms with Crippen molar-refractivity contribution in [3.8, 4) is 5.75 Å². The Morgan fingerprint density at radius 2 is 2.19 bits per heavy atom. The first-order valence-electron chi connectivity index (χ1n) is 5.25. The molecule has 4 nitrogen and oxygen atoms in total. The Morgan fingerprint density at radius 1 is 1.38 bits per heavy atom. The highest BCUT2D eigenvalue weighted by atomic mass is 16.5. The van der Waals surface area contributed by atoms with E-state index in [1.165, 1.54) is 7.11 Å². The lowest BCUT2D eigenvalue weighted by molar-refractivity contribution is 0.0595. The monoisotopic (exact) mass is 221 g/mol. The van der Waals surface area contributed by atoms with Crippen molar-refractivity contribution in [1.82, 2.24) is 5.32 Å². The van der Waals surface area contributed by atoms with Crippen LogP contribution >= 0.6 is 0 Å². The number of carbonyl (C=O) groups is 1. The average Bonchev–Trinajstić information content (AvgIpc) is 2.36. The molecule has 0 aromatic heterocycles. The summed E-state index contributed by atoms with van der Waals surface area (Å²) in [6, 6.07) is 3.81. The maximum absolute atomic E-state index is 11.7. The Balaban J connectivity index is 2.56. The Labute approximate surface area is 94.6 Å². The van der Waals surface area contributed by atoms with Crippen LogP contribution in [-0.2, 0) is 17.7 Å². The van der Waals surface area contributed by atoms with Gasteiger partial charge >= 0.3 is 5.97 Å². The van der Waals surface area contributed by atoms with Gasteiger partial charge in [-0.2, -0.15) is 0 Å². The molecule has 0 bridgehead atoms. The lowest BCUT2D eigenvalue weighted by Gasteiger charge is -2.21. The van der Waals surface area contributed by atoms with Gasteiger partial charge < -0.3 is 14.8 Å². The second-order valence-corrected chi connectivity index (χ2v) is 3.70. The number of carbonyl (C=O) groups excluding carboxylic acids is 1. The summed E-state index contributed by atoms with van der Waals surface area (Å²) in [6.07, 6.45) is 0.830. The van der Waals surface area contributed by atoms with Gasteiger partial charge in [-0.25, -0.2) is 4.79 Å². The number of benzene rings is 1. The number of methoxy groups -OCH3 is 2. The minimum atomic E-state index is -0.324. The highest BCUT2D eigenvalue weighted by Gasteiger charge is 2.22. The molecule has 0 amide bonds. The molecule has 1 heterocycles. The summed E-state index contributed by atoms with van der Waals surface area (Å²) < 4.78 is 10.0. The van der Waals surface area contributed by atoms with Crippen molar-refractivity contribution in [2.75, 3.05) is 20.8 Å². The standard InChI is InChI=1S/C12H15NO3/c1-15-10-4-3-8-7-13-6-5-9(8)11(10)12(14)16-2/h3-4,13H,5-7H2,1-2H3. The van der Waals surface area contributed by atoms with Crippen molar-refractivity contribution in [1.29, 1.82) is 0 Å². The molecule has 86 valence electrons. The topological polar surface area (TPSA) is 47.6 Å². The molecule has 1 aliphatic heterocycles. The molecule has 0 unspecified atom stereocenters. The molecule has 0 radical (unpaired) electrons. The van der Waals surface area contributed by atoms with Crippen molar-refractivity contribution in [2.24, 2.45) is 0 Å². The van der Waals surface area contributed by atoms with Crippen molar-refractivity contribution in [2.45, 2.75) is 13.0 Å². The van der Waals surface area contributed by atoms with E-state index in [4.69, 9.17) is 9.47 Å². The summed E-state index contributed by atoms with van der Waals surface area (Å²) in [4.78, 5) is 11.7. The molecule has 1 aromatic carbocycles. The van der Waals surface area contributed by atoms with E-state index in [9.17, 15) is 4.79 Å². The third-order valence-electron chi connectivity index (χ3n) is 2.85. The lowest BCUT2D eigenvalue weighted by Crippen LogP contribution is -2.26. The minimum Gasteiger partial charge on any atom is -0.496 e. The predicted octanol–water partition coefficient (Wildman–Crippen LogP) is 1.13. The van der Waals surface area contributed by atoms with Crippen LogP contribution < -0.4 is 10.1 Å². The van der Waals surface area contributed by atoms with Gasteiger partial charge in [-0.05, 0) is 30.2 Å². The van der Waals surface area contributed by atoms with Crippen LogP contribution in [0.25, 0.3) is 0 Å². The van der Waals surface area contributed by atoms with Crippen LogP contribution in [0.4, 0.5) is 0 Å². The SMILES string of the molecule is COC(=O)c1c(OC)ccc2c1CCNC2. The highest BCUT2D eigenvalue weighted by molar-refractivity contribution is 5.94. The van der Waals surface area contributed by atoms with E-state index in [0.29, 0.717) is 11.3 Å². The highest BCUT2D eigenvalue weighted by Crippen LogP contribution is 2.28. The molecule has 2 rings (SSSR count). The lowest BCUT2D eigenvalue weighted by atomic mass is 9.94. The molecule has 16 heavy (non-hydrogen) atoms. The second-order valence-electron chi connectivity index (χ2n) is 3.70. The molecule has 4 heteroatoms. The van der Waals surface area contributed by atoms with E-state index in [1.807, 2.05) is 12.1 Å². The van der Waals surface area contributed by atoms with Crippen molar-refractivity contribution >= 4 is 5.97 Å². The average molecular weight is 221 g/mol. The number of hydrogen-bond acceptors (Lipinski definition) is 4. The summed E-state index contributed by atoms with van der Waals surface area (Å²) >= 11 is 0. The van der Waals surface area contributed by atoms with Crippen LogP contribution in [0.3, 0.4) is 0 Å². The summed E-state index contributed by atoms with van der Waals surface area (Å²) in [7, 11) is 2.96. The first-order valence-corrected chi connectivity index (χ1v) is 5.25. The molecule has 0 atom stereocenters. The van der Waals surface area contributed by atoms with E-state index >= 15 is 0 Å². The van der Waals surface area contributed by atoms with Gasteiger partial charge in [-0.3, -0.25) is 0 Å². The number of ether oxygens (including phenoxy) is 2. The summed E-state index contributed by atoms with van der Waals surface area (Å²) in [5, 5.41) is 3.27. The summed E-state index contributed by atoms with van der Waals surface area (Å²) in [5.74, 6) is 0.267. The minimum absolute atomic E-state index is 0.324. The summed E-state index contributed by atoms with van der Waals surface area (Å²) in [5.41, 5.74) is 2.77. The van der Waals surface area contributed by atoms with Crippen LogP contribution in [-0.4, -0.2) is 26.7 Å². The fourth-order valence-corrected chi connectivity index (χ4v) is 2.05. The number of rotatable bonds is 2. The van der Waals surface area contributed by atoms with Gasteiger partial charge in [0.25, 0.3) is 0 Å². The first kappa shape index (κ1) is 11.0. The maximum Gasteiger partial charge on any atom is 0.341 e. The molecular formula is C12H15NO3. The van der Waals surface area contributed by atoms with Gasteiger partial charge in [0.2, 0.25) is 0 Å².